The van der Waals surface area contributed by atoms with E-state index >= 15 is 0 Å². The molecule has 1 atom stereocenters. The van der Waals surface area contributed by atoms with E-state index in [0.29, 0.717) is 30.9 Å². The minimum Gasteiger partial charge on any atom is -0.493 e. The average Bonchev–Trinajstić information content (AvgIpc) is 2.85. The molecular formula is C25H29N3O5S. The highest BCUT2D eigenvalue weighted by molar-refractivity contribution is 7.89. The molecule has 0 aliphatic rings. The lowest BCUT2D eigenvalue weighted by Crippen LogP contribution is -2.30. The number of sulfonamides is 1. The summed E-state index contributed by atoms with van der Waals surface area (Å²) in [7, 11) is -3.92. The van der Waals surface area contributed by atoms with Gasteiger partial charge in [0.05, 0.1) is 30.6 Å². The van der Waals surface area contributed by atoms with Crippen molar-refractivity contribution in [3.63, 3.8) is 0 Å². The Hall–Kier alpha value is -3.43. The van der Waals surface area contributed by atoms with Gasteiger partial charge in [0.2, 0.25) is 10.0 Å². The summed E-state index contributed by atoms with van der Waals surface area (Å²) in [4.78, 5) is 16.3. The molecule has 0 saturated carbocycles. The first-order valence-corrected chi connectivity index (χ1v) is 12.6. The van der Waals surface area contributed by atoms with Crippen molar-refractivity contribution in [2.45, 2.75) is 30.7 Å². The van der Waals surface area contributed by atoms with E-state index in [1.807, 2.05) is 24.3 Å². The van der Waals surface area contributed by atoms with Gasteiger partial charge < -0.3 is 14.8 Å². The SMILES string of the molecule is CCOC(=O)CC(NS(=O)(=O)c1cccc(OCCCNc2ccccn2)c1)c1ccccc1. The van der Waals surface area contributed by atoms with Gasteiger partial charge in [-0.3, -0.25) is 4.79 Å². The second-order valence-corrected chi connectivity index (χ2v) is 9.13. The number of nitrogens with one attached hydrogen (secondary N) is 2. The number of benzene rings is 2. The third-order valence-corrected chi connectivity index (χ3v) is 6.32. The van der Waals surface area contributed by atoms with Crippen LogP contribution in [-0.2, 0) is 19.6 Å². The third kappa shape index (κ3) is 7.86. The molecule has 0 aliphatic heterocycles. The van der Waals surface area contributed by atoms with Gasteiger partial charge in [0, 0.05) is 18.8 Å². The van der Waals surface area contributed by atoms with Gasteiger partial charge in [0.25, 0.3) is 0 Å². The van der Waals surface area contributed by atoms with Gasteiger partial charge in [-0.2, -0.15) is 0 Å². The van der Waals surface area contributed by atoms with Crippen molar-refractivity contribution in [1.82, 2.24) is 9.71 Å². The van der Waals surface area contributed by atoms with Crippen LogP contribution in [0.2, 0.25) is 0 Å². The Kier molecular flexibility index (Phi) is 9.42. The van der Waals surface area contributed by atoms with E-state index in [-0.39, 0.29) is 17.9 Å². The molecule has 0 fully saturated rings. The number of hydrogen-bond donors (Lipinski definition) is 2. The molecule has 1 heterocycles. The van der Waals surface area contributed by atoms with Crippen LogP contribution in [0.1, 0.15) is 31.4 Å². The first-order chi connectivity index (χ1) is 16.5. The van der Waals surface area contributed by atoms with Crippen molar-refractivity contribution >= 4 is 21.8 Å². The molecule has 0 spiro atoms. The Morgan fingerprint density at radius 1 is 1.03 bits per heavy atom. The number of aromatic nitrogens is 1. The molecule has 0 aliphatic carbocycles. The highest BCUT2D eigenvalue weighted by atomic mass is 32.2. The predicted octanol–water partition coefficient (Wildman–Crippen LogP) is 3.94. The minimum absolute atomic E-state index is 0.0569. The van der Waals surface area contributed by atoms with Gasteiger partial charge in [0.1, 0.15) is 11.6 Å². The Balaban J connectivity index is 1.61. The van der Waals surface area contributed by atoms with Crippen molar-refractivity contribution in [1.29, 1.82) is 0 Å². The van der Waals surface area contributed by atoms with Crippen LogP contribution in [0.25, 0.3) is 0 Å². The molecule has 0 amide bonds. The Morgan fingerprint density at radius 2 is 1.82 bits per heavy atom. The van der Waals surface area contributed by atoms with Crippen LogP contribution >= 0.6 is 0 Å². The molecule has 2 N–H and O–H groups in total. The standard InChI is InChI=1S/C25H29N3O5S/c1-2-32-25(29)19-23(20-10-4-3-5-11-20)28-34(30,31)22-13-8-12-21(18-22)33-17-9-16-27-24-14-6-7-15-26-24/h3-8,10-15,18,23,28H,2,9,16-17,19H2,1H3,(H,26,27). The highest BCUT2D eigenvalue weighted by Gasteiger charge is 2.24. The monoisotopic (exact) mass is 483 g/mol. The van der Waals surface area contributed by atoms with Crippen molar-refractivity contribution in [3.05, 3.63) is 84.6 Å². The summed E-state index contributed by atoms with van der Waals surface area (Å²) in [6.07, 6.45) is 2.31. The lowest BCUT2D eigenvalue weighted by atomic mass is 10.1. The Morgan fingerprint density at radius 3 is 2.56 bits per heavy atom. The fourth-order valence-electron chi connectivity index (χ4n) is 3.23. The fraction of sp³-hybridized carbons (Fsp3) is 0.280. The number of nitrogens with zero attached hydrogens (tertiary/aromatic N) is 1. The first kappa shape index (κ1) is 25.2. The largest absolute Gasteiger partial charge is 0.493 e. The number of anilines is 1. The van der Waals surface area contributed by atoms with Crippen molar-refractivity contribution < 1.29 is 22.7 Å². The Bertz CT molecular complexity index is 1140. The molecule has 3 rings (SSSR count). The normalized spacial score (nSPS) is 12.0. The minimum atomic E-state index is -3.92. The summed E-state index contributed by atoms with van der Waals surface area (Å²) in [6.45, 7) is 3.01. The van der Waals surface area contributed by atoms with Gasteiger partial charge in [0.15, 0.2) is 0 Å². The summed E-state index contributed by atoms with van der Waals surface area (Å²) in [5.74, 6) is 0.760. The molecule has 2 aromatic carbocycles. The molecule has 1 unspecified atom stereocenters. The molecule has 0 radical (unpaired) electrons. The molecule has 3 aromatic rings. The summed E-state index contributed by atoms with van der Waals surface area (Å²) in [6, 6.07) is 20.1. The quantitative estimate of drug-likeness (QED) is 0.280. The lowest BCUT2D eigenvalue weighted by molar-refractivity contribution is -0.143. The summed E-state index contributed by atoms with van der Waals surface area (Å²) < 4.78 is 39.6. The first-order valence-electron chi connectivity index (χ1n) is 11.1. The second kappa shape index (κ2) is 12.7. The molecule has 8 nitrogen and oxygen atoms in total. The number of carbonyl (C=O) groups excluding carboxylic acids is 1. The number of hydrogen-bond acceptors (Lipinski definition) is 7. The van der Waals surface area contributed by atoms with Crippen LogP contribution in [0.15, 0.2) is 83.9 Å². The Labute approximate surface area is 200 Å². The van der Waals surface area contributed by atoms with Gasteiger partial charge >= 0.3 is 5.97 Å². The topological polar surface area (TPSA) is 107 Å². The van der Waals surface area contributed by atoms with Crippen LogP contribution in [0.5, 0.6) is 5.75 Å². The highest BCUT2D eigenvalue weighted by Crippen LogP contribution is 2.23. The molecule has 1 aromatic heterocycles. The van der Waals surface area contributed by atoms with Crippen LogP contribution in [-0.4, -0.2) is 39.1 Å². The second-order valence-electron chi connectivity index (χ2n) is 7.41. The van der Waals surface area contributed by atoms with Crippen molar-refractivity contribution in [3.8, 4) is 5.75 Å². The molecule has 34 heavy (non-hydrogen) atoms. The van der Waals surface area contributed by atoms with Gasteiger partial charge in [-0.05, 0) is 43.2 Å². The summed E-state index contributed by atoms with van der Waals surface area (Å²) >= 11 is 0. The zero-order chi connectivity index (χ0) is 24.2. The number of ether oxygens (including phenoxy) is 2. The molecule has 0 saturated heterocycles. The lowest BCUT2D eigenvalue weighted by Gasteiger charge is -2.19. The van der Waals surface area contributed by atoms with Crippen molar-refractivity contribution in [2.24, 2.45) is 0 Å². The van der Waals surface area contributed by atoms with Crippen LogP contribution in [0.4, 0.5) is 5.82 Å². The predicted molar refractivity (Wildman–Crippen MR) is 130 cm³/mol. The number of esters is 1. The molecule has 9 heteroatoms. The maximum atomic E-state index is 13.1. The summed E-state index contributed by atoms with van der Waals surface area (Å²) in [5, 5.41) is 3.19. The van der Waals surface area contributed by atoms with Gasteiger partial charge in [-0.1, -0.05) is 42.5 Å². The smallest absolute Gasteiger partial charge is 0.307 e. The number of rotatable bonds is 13. The molecule has 180 valence electrons. The van der Waals surface area contributed by atoms with Gasteiger partial charge in [-0.25, -0.2) is 18.1 Å². The maximum absolute atomic E-state index is 13.1. The van der Waals surface area contributed by atoms with Crippen LogP contribution in [0, 0.1) is 0 Å². The maximum Gasteiger partial charge on any atom is 0.307 e. The van der Waals surface area contributed by atoms with E-state index in [1.54, 1.807) is 49.5 Å². The van der Waals surface area contributed by atoms with Crippen LogP contribution in [0.3, 0.4) is 0 Å². The van der Waals surface area contributed by atoms with Gasteiger partial charge in [-0.15, -0.1) is 0 Å². The average molecular weight is 484 g/mol. The third-order valence-electron chi connectivity index (χ3n) is 4.85. The van der Waals surface area contributed by atoms with E-state index < -0.39 is 22.0 Å². The number of pyridine rings is 1. The van der Waals surface area contributed by atoms with E-state index in [1.165, 1.54) is 12.1 Å². The van der Waals surface area contributed by atoms with Crippen molar-refractivity contribution in [2.75, 3.05) is 25.1 Å². The van der Waals surface area contributed by atoms with E-state index in [9.17, 15) is 13.2 Å². The summed E-state index contributed by atoms with van der Waals surface area (Å²) in [5.41, 5.74) is 0.673. The molecule has 0 bridgehead atoms. The van der Waals surface area contributed by atoms with E-state index in [0.717, 1.165) is 5.82 Å². The molecular weight excluding hydrogens is 454 g/mol. The fourth-order valence-corrected chi connectivity index (χ4v) is 4.49. The zero-order valence-corrected chi connectivity index (χ0v) is 19.8. The van der Waals surface area contributed by atoms with E-state index in [4.69, 9.17) is 9.47 Å². The zero-order valence-electron chi connectivity index (χ0n) is 19.0. The van der Waals surface area contributed by atoms with Crippen LogP contribution < -0.4 is 14.8 Å². The number of carbonyl (C=O) groups is 1. The van der Waals surface area contributed by atoms with E-state index in [2.05, 4.69) is 15.0 Å².